The molecule has 1 aromatic carbocycles. The average Bonchev–Trinajstić information content (AvgIpc) is 2.45. The molecule has 1 amide bonds. The van der Waals surface area contributed by atoms with Gasteiger partial charge in [0.15, 0.2) is 0 Å². The second kappa shape index (κ2) is 5.29. The fourth-order valence-electron chi connectivity index (χ4n) is 2.79. The standard InChI is InChI=1S/C16H19NO3/c1-11-8-17(9-12(2)20-11)16(18)14-7-13-5-3-4-6-15(13)19-10-14/h3-7,11-12H,8-10H2,1-2H3. The summed E-state index contributed by atoms with van der Waals surface area (Å²) < 4.78 is 11.3. The van der Waals surface area contributed by atoms with Crippen LogP contribution in [0.25, 0.3) is 6.08 Å². The number of para-hydroxylation sites is 1. The number of carbonyl (C=O) groups is 1. The summed E-state index contributed by atoms with van der Waals surface area (Å²) in [6.07, 6.45) is 2.10. The Bertz CT molecular complexity index is 542. The maximum Gasteiger partial charge on any atom is 0.253 e. The molecule has 106 valence electrons. The third-order valence-electron chi connectivity index (χ3n) is 3.61. The molecule has 2 heterocycles. The van der Waals surface area contributed by atoms with Crippen LogP contribution in [0, 0.1) is 0 Å². The summed E-state index contributed by atoms with van der Waals surface area (Å²) in [5, 5.41) is 0. The summed E-state index contributed by atoms with van der Waals surface area (Å²) in [4.78, 5) is 14.4. The minimum atomic E-state index is 0.0569. The summed E-state index contributed by atoms with van der Waals surface area (Å²) in [6, 6.07) is 7.77. The number of hydrogen-bond donors (Lipinski definition) is 0. The number of benzene rings is 1. The van der Waals surface area contributed by atoms with Gasteiger partial charge in [0.05, 0.1) is 17.8 Å². The molecule has 0 saturated carbocycles. The maximum absolute atomic E-state index is 12.6. The Kier molecular flexibility index (Phi) is 3.49. The molecule has 0 N–H and O–H groups in total. The van der Waals surface area contributed by atoms with Crippen LogP contribution in [0.5, 0.6) is 5.75 Å². The highest BCUT2D eigenvalue weighted by Crippen LogP contribution is 2.27. The van der Waals surface area contributed by atoms with Crippen molar-refractivity contribution in [3.63, 3.8) is 0 Å². The van der Waals surface area contributed by atoms with Crippen molar-refractivity contribution in [2.75, 3.05) is 19.7 Å². The number of nitrogens with zero attached hydrogens (tertiary/aromatic N) is 1. The fraction of sp³-hybridized carbons (Fsp3) is 0.438. The molecule has 3 rings (SSSR count). The summed E-state index contributed by atoms with van der Waals surface area (Å²) in [7, 11) is 0. The zero-order valence-electron chi connectivity index (χ0n) is 11.8. The van der Waals surface area contributed by atoms with Crippen molar-refractivity contribution in [2.24, 2.45) is 0 Å². The van der Waals surface area contributed by atoms with Gasteiger partial charge in [-0.2, -0.15) is 0 Å². The smallest absolute Gasteiger partial charge is 0.253 e. The van der Waals surface area contributed by atoms with Gasteiger partial charge in [0.1, 0.15) is 12.4 Å². The van der Waals surface area contributed by atoms with E-state index in [1.165, 1.54) is 0 Å². The molecule has 2 aliphatic heterocycles. The minimum absolute atomic E-state index is 0.0569. The summed E-state index contributed by atoms with van der Waals surface area (Å²) in [6.45, 7) is 5.62. The van der Waals surface area contributed by atoms with E-state index in [0.717, 1.165) is 11.3 Å². The van der Waals surface area contributed by atoms with E-state index in [2.05, 4.69) is 0 Å². The Morgan fingerprint density at radius 1 is 1.20 bits per heavy atom. The van der Waals surface area contributed by atoms with E-state index in [1.54, 1.807) is 0 Å². The molecule has 2 unspecified atom stereocenters. The first-order valence-electron chi connectivity index (χ1n) is 7.00. The molecule has 4 nitrogen and oxygen atoms in total. The molecule has 0 aromatic heterocycles. The number of morpholine rings is 1. The Morgan fingerprint density at radius 3 is 2.65 bits per heavy atom. The van der Waals surface area contributed by atoms with Gasteiger partial charge in [0, 0.05) is 18.7 Å². The molecule has 4 heteroatoms. The van der Waals surface area contributed by atoms with Crippen molar-refractivity contribution in [1.82, 2.24) is 4.90 Å². The Balaban J connectivity index is 1.80. The van der Waals surface area contributed by atoms with E-state index in [1.807, 2.05) is 49.1 Å². The normalized spacial score (nSPS) is 25.5. The van der Waals surface area contributed by atoms with Gasteiger partial charge in [-0.3, -0.25) is 4.79 Å². The highest BCUT2D eigenvalue weighted by atomic mass is 16.5. The van der Waals surface area contributed by atoms with Crippen LogP contribution < -0.4 is 4.74 Å². The van der Waals surface area contributed by atoms with Gasteiger partial charge in [-0.05, 0) is 26.0 Å². The van der Waals surface area contributed by atoms with Crippen molar-refractivity contribution in [3.05, 3.63) is 35.4 Å². The lowest BCUT2D eigenvalue weighted by Gasteiger charge is -2.36. The molecule has 1 aromatic rings. The molecule has 2 atom stereocenters. The lowest BCUT2D eigenvalue weighted by molar-refractivity contribution is -0.139. The van der Waals surface area contributed by atoms with Gasteiger partial charge in [0.25, 0.3) is 5.91 Å². The largest absolute Gasteiger partial charge is 0.488 e. The van der Waals surface area contributed by atoms with Gasteiger partial charge in [-0.25, -0.2) is 0 Å². The van der Waals surface area contributed by atoms with Crippen molar-refractivity contribution in [3.8, 4) is 5.75 Å². The van der Waals surface area contributed by atoms with Gasteiger partial charge in [0.2, 0.25) is 0 Å². The van der Waals surface area contributed by atoms with Gasteiger partial charge in [-0.15, -0.1) is 0 Å². The summed E-state index contributed by atoms with van der Waals surface area (Å²) in [5.41, 5.74) is 1.68. The van der Waals surface area contributed by atoms with Gasteiger partial charge in [-0.1, -0.05) is 18.2 Å². The summed E-state index contributed by atoms with van der Waals surface area (Å²) in [5.74, 6) is 0.897. The number of rotatable bonds is 1. The average molecular weight is 273 g/mol. The van der Waals surface area contributed by atoms with E-state index in [4.69, 9.17) is 9.47 Å². The molecule has 0 spiro atoms. The first-order chi connectivity index (χ1) is 9.63. The predicted octanol–water partition coefficient (Wildman–Crippen LogP) is 2.10. The molecular weight excluding hydrogens is 254 g/mol. The fourth-order valence-corrected chi connectivity index (χ4v) is 2.79. The van der Waals surface area contributed by atoms with Crippen LogP contribution in [0.15, 0.2) is 29.8 Å². The molecule has 0 aliphatic carbocycles. The number of amides is 1. The topological polar surface area (TPSA) is 38.8 Å². The highest BCUT2D eigenvalue weighted by molar-refractivity contribution is 5.99. The number of hydrogen-bond acceptors (Lipinski definition) is 3. The molecule has 1 fully saturated rings. The zero-order chi connectivity index (χ0) is 14.1. The monoisotopic (exact) mass is 273 g/mol. The van der Waals surface area contributed by atoms with Crippen LogP contribution in [-0.4, -0.2) is 42.7 Å². The van der Waals surface area contributed by atoms with E-state index in [9.17, 15) is 4.79 Å². The highest BCUT2D eigenvalue weighted by Gasteiger charge is 2.28. The van der Waals surface area contributed by atoms with E-state index in [-0.39, 0.29) is 18.1 Å². The van der Waals surface area contributed by atoms with Crippen LogP contribution in [0.3, 0.4) is 0 Å². The van der Waals surface area contributed by atoms with Crippen molar-refractivity contribution in [2.45, 2.75) is 26.1 Å². The van der Waals surface area contributed by atoms with Gasteiger partial charge >= 0.3 is 0 Å². The molecular formula is C16H19NO3. The quantitative estimate of drug-likeness (QED) is 0.786. The Hall–Kier alpha value is -1.81. The van der Waals surface area contributed by atoms with Crippen LogP contribution in [0.1, 0.15) is 19.4 Å². The number of fused-ring (bicyclic) bond motifs is 1. The Morgan fingerprint density at radius 2 is 1.90 bits per heavy atom. The van der Waals surface area contributed by atoms with Crippen LogP contribution in [0.4, 0.5) is 0 Å². The number of carbonyl (C=O) groups excluding carboxylic acids is 1. The van der Waals surface area contributed by atoms with Crippen LogP contribution in [0.2, 0.25) is 0 Å². The first kappa shape index (κ1) is 13.2. The lowest BCUT2D eigenvalue weighted by atomic mass is 10.1. The van der Waals surface area contributed by atoms with E-state index in [0.29, 0.717) is 25.3 Å². The molecule has 0 radical (unpaired) electrons. The third-order valence-corrected chi connectivity index (χ3v) is 3.61. The molecule has 0 bridgehead atoms. The second-order valence-corrected chi connectivity index (χ2v) is 5.46. The van der Waals surface area contributed by atoms with Gasteiger partial charge < -0.3 is 14.4 Å². The van der Waals surface area contributed by atoms with E-state index >= 15 is 0 Å². The minimum Gasteiger partial charge on any atom is -0.488 e. The summed E-state index contributed by atoms with van der Waals surface area (Å²) >= 11 is 0. The Labute approximate surface area is 119 Å². The van der Waals surface area contributed by atoms with E-state index < -0.39 is 0 Å². The van der Waals surface area contributed by atoms with Crippen molar-refractivity contribution < 1.29 is 14.3 Å². The molecule has 1 saturated heterocycles. The first-order valence-corrected chi connectivity index (χ1v) is 7.00. The van der Waals surface area contributed by atoms with Crippen LogP contribution in [-0.2, 0) is 9.53 Å². The lowest BCUT2D eigenvalue weighted by Crippen LogP contribution is -2.49. The number of ether oxygens (including phenoxy) is 2. The SMILES string of the molecule is CC1CN(C(=O)C2=Cc3ccccc3OC2)CC(C)O1. The maximum atomic E-state index is 12.6. The van der Waals surface area contributed by atoms with Crippen molar-refractivity contribution >= 4 is 12.0 Å². The molecule has 2 aliphatic rings. The zero-order valence-corrected chi connectivity index (χ0v) is 11.8. The second-order valence-electron chi connectivity index (χ2n) is 5.46. The molecule has 20 heavy (non-hydrogen) atoms. The van der Waals surface area contributed by atoms with Crippen LogP contribution >= 0.6 is 0 Å². The van der Waals surface area contributed by atoms with Crippen molar-refractivity contribution in [1.29, 1.82) is 0 Å². The third kappa shape index (κ3) is 2.56. The predicted molar refractivity (Wildman–Crippen MR) is 76.5 cm³/mol.